The van der Waals surface area contributed by atoms with Gasteiger partial charge < -0.3 is 47.6 Å². The zero-order valence-corrected chi connectivity index (χ0v) is 48.9. The normalized spacial score (nSPS) is 11.8. The Hall–Kier alpha value is -4.76. The van der Waals surface area contributed by atoms with Gasteiger partial charge in [-0.05, 0) is 111 Å². The van der Waals surface area contributed by atoms with Crippen molar-refractivity contribution < 1.29 is 54.1 Å². The van der Waals surface area contributed by atoms with E-state index in [0.717, 1.165) is 63.7 Å². The average Bonchev–Trinajstić information content (AvgIpc) is 3.42. The molecule has 0 saturated carbocycles. The number of allylic oxidation sites excluding steroid dienone is 4. The first-order chi connectivity index (χ1) is 36.9. The van der Waals surface area contributed by atoms with Crippen LogP contribution in [0.15, 0.2) is 121 Å². The molecular formula is C62H92Cl2N6O6. The summed E-state index contributed by atoms with van der Waals surface area (Å²) in [6, 6.07) is 37.4. The minimum absolute atomic E-state index is 1.10. The topological polar surface area (TPSA) is 157 Å². The average molecular weight is 1090 g/mol. The largest absolute Gasteiger partial charge is 0.372 e. The minimum Gasteiger partial charge on any atom is -0.372 e. The van der Waals surface area contributed by atoms with Gasteiger partial charge in [0.05, 0.1) is 21.6 Å². The lowest BCUT2D eigenvalue weighted by atomic mass is 10.1. The highest BCUT2D eigenvalue weighted by Crippen LogP contribution is 2.38. The fourth-order valence-electron chi connectivity index (χ4n) is 9.17. The Balaban J connectivity index is 0.00000177. The summed E-state index contributed by atoms with van der Waals surface area (Å²) in [5.74, 6) is 0. The van der Waals surface area contributed by atoms with Crippen LogP contribution in [0.5, 0.6) is 0 Å². The molecule has 1 aliphatic carbocycles. The molecule has 14 heteroatoms. The summed E-state index contributed by atoms with van der Waals surface area (Å²) in [7, 11) is -5.70. The molecule has 0 unspecified atom stereocenters. The van der Waals surface area contributed by atoms with Gasteiger partial charge in [-0.2, -0.15) is 4.58 Å². The molecule has 12 nitrogen and oxygen atoms in total. The van der Waals surface area contributed by atoms with E-state index in [9.17, 15) is 0 Å². The molecule has 0 saturated heterocycles. The maximum Gasteiger partial charge on any atom is 0.212 e. The smallest absolute Gasteiger partial charge is 0.212 e. The van der Waals surface area contributed by atoms with Gasteiger partial charge in [-0.25, -0.2) is 4.58 Å². The summed E-state index contributed by atoms with van der Waals surface area (Å²) in [6.45, 7) is 27.1. The van der Waals surface area contributed by atoms with Gasteiger partial charge in [0.2, 0.25) is 17.1 Å². The fraction of sp³-hybridized carbons (Fsp3) is 0.516. The van der Waals surface area contributed by atoms with Crippen molar-refractivity contribution >= 4 is 56.9 Å². The van der Waals surface area contributed by atoms with Crippen LogP contribution in [0.25, 0.3) is 0 Å². The van der Waals surface area contributed by atoms with Crippen molar-refractivity contribution in [1.82, 2.24) is 4.58 Å². The third-order valence-corrected chi connectivity index (χ3v) is 13.5. The number of hydrogen-bond donors (Lipinski definition) is 0. The van der Waals surface area contributed by atoms with Crippen molar-refractivity contribution in [1.29, 1.82) is 0 Å². The van der Waals surface area contributed by atoms with Gasteiger partial charge in [-0.1, -0.05) is 107 Å². The quantitative estimate of drug-likeness (QED) is 0.0341. The molecule has 420 valence electrons. The van der Waals surface area contributed by atoms with Gasteiger partial charge in [-0.15, -0.1) is 0 Å². The van der Waals surface area contributed by atoms with E-state index in [1.807, 2.05) is 0 Å². The van der Waals surface area contributed by atoms with Crippen LogP contribution in [0, 0.1) is 21.6 Å². The van der Waals surface area contributed by atoms with E-state index in [-0.39, 0.29) is 0 Å². The molecule has 0 amide bonds. The predicted octanol–water partition coefficient (Wildman–Crippen LogP) is 9.70. The lowest BCUT2D eigenvalue weighted by Crippen LogP contribution is -2.43. The summed E-state index contributed by atoms with van der Waals surface area (Å²) in [4.78, 5) is 10.2. The van der Waals surface area contributed by atoms with Crippen LogP contribution in [0.2, 0.25) is 0 Å². The van der Waals surface area contributed by atoms with E-state index in [2.05, 4.69) is 206 Å². The molecule has 0 aromatic heterocycles. The lowest BCUT2D eigenvalue weighted by Gasteiger charge is -2.29. The van der Waals surface area contributed by atoms with E-state index in [1.54, 1.807) is 0 Å². The molecule has 0 bridgehead atoms. The Bertz CT molecular complexity index is 2140. The standard InChI is InChI=1S/C62H92N6.2ClO3/c1-9-17-45-63(46-18-10-2)53-25-33-57(34-26-53)67(58-35-27-54(28-36-58)64(47-19-11-3)48-20-12-4)61-41-43-62(44-42-61)68(59-37-29-55(30-38-59)65(49-21-13-5)50-22-14-6)60-39-31-56(32-40-60)66(51-23-15-7)52-24-16-8;2*2-1(3)4/h25-44H,9-24,45-52H2,1-8H3;;/q+2;2*-1. The fourth-order valence-corrected chi connectivity index (χ4v) is 9.17. The summed E-state index contributed by atoms with van der Waals surface area (Å²) >= 11 is 0. The van der Waals surface area contributed by atoms with Gasteiger partial charge in [0.25, 0.3) is 0 Å². The third kappa shape index (κ3) is 23.5. The summed E-state index contributed by atoms with van der Waals surface area (Å²) in [5, 5.41) is 0. The molecule has 4 aromatic carbocycles. The first kappa shape index (κ1) is 65.5. The number of benzene rings is 4. The van der Waals surface area contributed by atoms with E-state index >= 15 is 0 Å². The Morgan fingerprint density at radius 3 is 0.803 bits per heavy atom. The number of halogens is 2. The molecular weight excluding hydrogens is 996 g/mol. The maximum atomic E-state index is 8.41. The van der Waals surface area contributed by atoms with E-state index in [4.69, 9.17) is 28.0 Å². The molecule has 1 aliphatic rings. The Morgan fingerprint density at radius 1 is 0.316 bits per heavy atom. The van der Waals surface area contributed by atoms with Crippen molar-refractivity contribution in [3.05, 3.63) is 121 Å². The van der Waals surface area contributed by atoms with Crippen molar-refractivity contribution in [2.24, 2.45) is 0 Å². The number of unbranched alkanes of at least 4 members (excludes halogenated alkanes) is 8. The van der Waals surface area contributed by atoms with Crippen LogP contribution >= 0.6 is 0 Å². The maximum absolute atomic E-state index is 8.41. The summed E-state index contributed by atoms with van der Waals surface area (Å²) in [5.41, 5.74) is 12.2. The predicted molar refractivity (Wildman–Crippen MR) is 303 cm³/mol. The van der Waals surface area contributed by atoms with Gasteiger partial charge in [0.15, 0.2) is 5.71 Å². The number of nitrogens with zero attached hydrogens (tertiary/aromatic N) is 6. The van der Waals surface area contributed by atoms with Crippen molar-refractivity contribution in [3.8, 4) is 0 Å². The van der Waals surface area contributed by atoms with Gasteiger partial charge in [0, 0.05) is 135 Å². The van der Waals surface area contributed by atoms with Crippen LogP contribution in [0.4, 0.5) is 45.5 Å². The molecule has 0 radical (unpaired) electrons. The van der Waals surface area contributed by atoms with Gasteiger partial charge in [-0.3, -0.25) is 0 Å². The van der Waals surface area contributed by atoms with Crippen LogP contribution in [0.3, 0.4) is 0 Å². The lowest BCUT2D eigenvalue weighted by molar-refractivity contribution is -1.73. The zero-order valence-electron chi connectivity index (χ0n) is 47.4. The second kappa shape index (κ2) is 38.7. The summed E-state index contributed by atoms with van der Waals surface area (Å²) in [6.07, 6.45) is 28.7. The Kier molecular flexibility index (Phi) is 33.4. The molecule has 76 heavy (non-hydrogen) atoms. The second-order valence-corrected chi connectivity index (χ2v) is 20.2. The first-order valence-corrected chi connectivity index (χ1v) is 30.3. The van der Waals surface area contributed by atoms with Crippen molar-refractivity contribution in [2.75, 3.05) is 72.0 Å². The molecule has 0 fully saturated rings. The summed E-state index contributed by atoms with van der Waals surface area (Å²) < 4.78 is 55.5. The van der Waals surface area contributed by atoms with Crippen LogP contribution < -0.4 is 52.1 Å². The molecule has 4 aromatic rings. The monoisotopic (exact) mass is 1090 g/mol. The van der Waals surface area contributed by atoms with Crippen molar-refractivity contribution in [3.63, 3.8) is 0 Å². The molecule has 0 spiro atoms. The van der Waals surface area contributed by atoms with Gasteiger partial charge in [0.1, 0.15) is 13.1 Å². The highest BCUT2D eigenvalue weighted by Gasteiger charge is 2.24. The molecule has 0 aliphatic heterocycles. The highest BCUT2D eigenvalue weighted by molar-refractivity contribution is 6.18. The Morgan fingerprint density at radius 2 is 0.539 bits per heavy atom. The molecule has 0 atom stereocenters. The van der Waals surface area contributed by atoms with Crippen LogP contribution in [-0.4, -0.2) is 68.4 Å². The van der Waals surface area contributed by atoms with Crippen LogP contribution in [-0.2, 0) is 0 Å². The van der Waals surface area contributed by atoms with Crippen LogP contribution in [0.1, 0.15) is 158 Å². The molecule has 0 heterocycles. The van der Waals surface area contributed by atoms with E-state index in [1.165, 1.54) is 148 Å². The minimum atomic E-state index is -2.85. The third-order valence-electron chi connectivity index (χ3n) is 13.5. The molecule has 5 rings (SSSR count). The van der Waals surface area contributed by atoms with Gasteiger partial charge >= 0.3 is 0 Å². The Labute approximate surface area is 464 Å². The number of hydrogen-bond acceptors (Lipinski definition) is 10. The number of anilines is 6. The number of rotatable bonds is 32. The zero-order chi connectivity index (χ0) is 55.5. The second-order valence-electron chi connectivity index (χ2n) is 19.4. The van der Waals surface area contributed by atoms with Crippen molar-refractivity contribution in [2.45, 2.75) is 158 Å². The van der Waals surface area contributed by atoms with E-state index in [0.29, 0.717) is 0 Å². The first-order valence-electron chi connectivity index (χ1n) is 28.5. The van der Waals surface area contributed by atoms with E-state index < -0.39 is 21.6 Å². The molecule has 0 N–H and O–H groups in total. The highest BCUT2D eigenvalue weighted by atomic mass is 35.6. The SMILES string of the molecule is CCCCN(CCCC)c1ccc(N(c2ccc(N(CCCC)CCCC)cc2)c2ccc([N+](=C3C=CC(=[N+](CCCC)CCCC)C=C3)c3ccc(N(CCCC)CCCC)cc3)cc2)cc1.[O-][Cl+2]([O-])[O-].[O-][Cl+2]([O-])[O-].